The van der Waals surface area contributed by atoms with Crippen LogP contribution >= 0.6 is 0 Å². The molecule has 0 rings (SSSR count). The fourth-order valence-corrected chi connectivity index (χ4v) is 3.66. The molecule has 0 aliphatic heterocycles. The lowest BCUT2D eigenvalue weighted by Gasteiger charge is -2.28. The molecule has 0 aromatic carbocycles. The van der Waals surface area contributed by atoms with Gasteiger partial charge in [-0.15, -0.1) is 0 Å². The minimum atomic E-state index is -1.30. The lowest BCUT2D eigenvalue weighted by Crippen LogP contribution is -2.47. The number of hydrogen-bond acceptors (Lipinski definition) is 3. The number of Topliss-reactive ketones (excluding diaryl/α,β-unsaturated/α-hetero) is 1. The summed E-state index contributed by atoms with van der Waals surface area (Å²) < 4.78 is 0.428. The molecule has 2 unspecified atom stereocenters. The van der Waals surface area contributed by atoms with Gasteiger partial charge in [-0.3, -0.25) is 9.59 Å². The summed E-state index contributed by atoms with van der Waals surface area (Å²) in [5, 5.41) is 19.5. The Kier molecular flexibility index (Phi) is 15.4. The maximum absolute atomic E-state index is 12.3. The largest absolute Gasteiger partial charge is 0.481 e. The molecule has 0 heterocycles. The molecule has 166 valence electrons. The number of carbonyl (C=O) groups is 2. The molecule has 0 spiro atoms. The highest BCUT2D eigenvalue weighted by atomic mass is 16.4. The van der Waals surface area contributed by atoms with Gasteiger partial charge in [-0.2, -0.15) is 0 Å². The molecular formula is C23H46NO4+. The van der Waals surface area contributed by atoms with Gasteiger partial charge in [0.25, 0.3) is 0 Å². The van der Waals surface area contributed by atoms with Crippen LogP contribution in [0.25, 0.3) is 0 Å². The third kappa shape index (κ3) is 15.0. The molecule has 0 aromatic rings. The third-order valence-electron chi connectivity index (χ3n) is 5.26. The SMILES string of the molecule is CCCCCCCCCCCCCCCC(=O)C(C(=O)O)C(O)C[N+](C)(C)C. The second kappa shape index (κ2) is 15.9. The predicted molar refractivity (Wildman–Crippen MR) is 115 cm³/mol. The number of carboxylic acid groups (broad SMARTS) is 1. The van der Waals surface area contributed by atoms with Gasteiger partial charge in [0, 0.05) is 6.42 Å². The highest BCUT2D eigenvalue weighted by Gasteiger charge is 2.36. The third-order valence-corrected chi connectivity index (χ3v) is 5.26. The maximum Gasteiger partial charge on any atom is 0.316 e. The normalized spacial score (nSPS) is 14.0. The fraction of sp³-hybridized carbons (Fsp3) is 0.913. The first-order valence-electron chi connectivity index (χ1n) is 11.4. The van der Waals surface area contributed by atoms with E-state index in [0.717, 1.165) is 19.3 Å². The zero-order chi connectivity index (χ0) is 21.4. The molecule has 0 fully saturated rings. The average molecular weight is 401 g/mol. The van der Waals surface area contributed by atoms with Crippen molar-refractivity contribution in [3.05, 3.63) is 0 Å². The summed E-state index contributed by atoms with van der Waals surface area (Å²) in [4.78, 5) is 23.7. The van der Waals surface area contributed by atoms with E-state index in [1.807, 2.05) is 21.1 Å². The van der Waals surface area contributed by atoms with Crippen molar-refractivity contribution >= 4 is 11.8 Å². The number of likely N-dealkylation sites (N-methyl/N-ethyl adjacent to an activating group) is 1. The molecule has 0 aromatic heterocycles. The summed E-state index contributed by atoms with van der Waals surface area (Å²) in [6.45, 7) is 2.50. The molecule has 5 heteroatoms. The van der Waals surface area contributed by atoms with Crippen LogP contribution in [0.15, 0.2) is 0 Å². The van der Waals surface area contributed by atoms with Crippen molar-refractivity contribution in [2.75, 3.05) is 27.7 Å². The van der Waals surface area contributed by atoms with Crippen LogP contribution in [0.4, 0.5) is 0 Å². The second-order valence-corrected chi connectivity index (χ2v) is 9.32. The van der Waals surface area contributed by atoms with E-state index in [1.54, 1.807) is 0 Å². The monoisotopic (exact) mass is 400 g/mol. The van der Waals surface area contributed by atoms with Crippen LogP contribution in [-0.4, -0.2) is 60.2 Å². The minimum Gasteiger partial charge on any atom is -0.481 e. The highest BCUT2D eigenvalue weighted by Crippen LogP contribution is 2.16. The Morgan fingerprint density at radius 3 is 1.50 bits per heavy atom. The molecule has 5 nitrogen and oxygen atoms in total. The first-order valence-corrected chi connectivity index (χ1v) is 11.4. The van der Waals surface area contributed by atoms with E-state index in [0.29, 0.717) is 4.48 Å². The number of ketones is 1. The summed E-state index contributed by atoms with van der Waals surface area (Å²) in [5.41, 5.74) is 0. The molecule has 2 N–H and O–H groups in total. The van der Waals surface area contributed by atoms with Crippen molar-refractivity contribution in [3.8, 4) is 0 Å². The average Bonchev–Trinajstić information content (AvgIpc) is 2.57. The molecule has 0 radical (unpaired) electrons. The van der Waals surface area contributed by atoms with E-state index < -0.39 is 18.0 Å². The zero-order valence-corrected chi connectivity index (χ0v) is 18.9. The molecule has 0 bridgehead atoms. The number of unbranched alkanes of at least 4 members (excludes halogenated alkanes) is 12. The number of rotatable bonds is 19. The van der Waals surface area contributed by atoms with Gasteiger partial charge in [0.1, 0.15) is 24.3 Å². The predicted octanol–water partition coefficient (Wildman–Crippen LogP) is 4.80. The number of hydrogen-bond donors (Lipinski definition) is 2. The smallest absolute Gasteiger partial charge is 0.316 e. The van der Waals surface area contributed by atoms with E-state index >= 15 is 0 Å². The van der Waals surface area contributed by atoms with Crippen LogP contribution in [-0.2, 0) is 9.59 Å². The van der Waals surface area contributed by atoms with Gasteiger partial charge in [-0.1, -0.05) is 84.0 Å². The van der Waals surface area contributed by atoms with Crippen LogP contribution in [0.3, 0.4) is 0 Å². The highest BCUT2D eigenvalue weighted by molar-refractivity contribution is 5.98. The zero-order valence-electron chi connectivity index (χ0n) is 18.9. The van der Waals surface area contributed by atoms with Gasteiger partial charge >= 0.3 is 5.97 Å². The number of carbonyl (C=O) groups excluding carboxylic acids is 1. The van der Waals surface area contributed by atoms with Gasteiger partial charge in [0.05, 0.1) is 21.1 Å². The lowest BCUT2D eigenvalue weighted by molar-refractivity contribution is -0.873. The lowest BCUT2D eigenvalue weighted by atomic mass is 9.93. The number of aliphatic hydroxyl groups is 1. The quantitative estimate of drug-likeness (QED) is 0.185. The van der Waals surface area contributed by atoms with Gasteiger partial charge in [0.2, 0.25) is 0 Å². The van der Waals surface area contributed by atoms with E-state index in [4.69, 9.17) is 0 Å². The number of quaternary nitrogens is 1. The molecule has 0 aliphatic rings. The molecular weight excluding hydrogens is 354 g/mol. The van der Waals surface area contributed by atoms with E-state index in [1.165, 1.54) is 64.2 Å². The maximum atomic E-state index is 12.3. The van der Waals surface area contributed by atoms with Crippen LogP contribution in [0.2, 0.25) is 0 Å². The van der Waals surface area contributed by atoms with Gasteiger partial charge in [-0.05, 0) is 6.42 Å². The first-order chi connectivity index (χ1) is 13.2. The fourth-order valence-electron chi connectivity index (χ4n) is 3.66. The van der Waals surface area contributed by atoms with Gasteiger partial charge in [0.15, 0.2) is 0 Å². The van der Waals surface area contributed by atoms with E-state index in [2.05, 4.69) is 6.92 Å². The van der Waals surface area contributed by atoms with E-state index in [9.17, 15) is 19.8 Å². The van der Waals surface area contributed by atoms with Gasteiger partial charge in [-0.25, -0.2) is 0 Å². The molecule has 0 amide bonds. The van der Waals surface area contributed by atoms with Crippen LogP contribution in [0, 0.1) is 5.92 Å². The van der Waals surface area contributed by atoms with Crippen LogP contribution in [0.5, 0.6) is 0 Å². The molecule has 0 aliphatic carbocycles. The molecule has 28 heavy (non-hydrogen) atoms. The molecule has 0 saturated heterocycles. The summed E-state index contributed by atoms with van der Waals surface area (Å²) in [6.07, 6.45) is 15.1. The second-order valence-electron chi connectivity index (χ2n) is 9.32. The van der Waals surface area contributed by atoms with Crippen LogP contribution in [0.1, 0.15) is 96.8 Å². The number of aliphatic carboxylic acids is 1. The summed E-state index contributed by atoms with van der Waals surface area (Å²) in [5.74, 6) is -2.84. The number of aliphatic hydroxyl groups excluding tert-OH is 1. The van der Waals surface area contributed by atoms with Crippen molar-refractivity contribution in [1.82, 2.24) is 0 Å². The summed E-state index contributed by atoms with van der Waals surface area (Å²) in [7, 11) is 5.62. The van der Waals surface area contributed by atoms with Gasteiger partial charge < -0.3 is 14.7 Å². The Balaban J connectivity index is 3.77. The number of nitrogens with zero attached hydrogens (tertiary/aromatic N) is 1. The van der Waals surface area contributed by atoms with Crippen molar-refractivity contribution in [2.24, 2.45) is 5.92 Å². The summed E-state index contributed by atoms with van der Waals surface area (Å²) >= 11 is 0. The van der Waals surface area contributed by atoms with Crippen molar-refractivity contribution in [1.29, 1.82) is 0 Å². The first kappa shape index (κ1) is 27.1. The minimum absolute atomic E-state index is 0.251. The molecule has 2 atom stereocenters. The Morgan fingerprint density at radius 2 is 1.14 bits per heavy atom. The Labute approximate surface area is 173 Å². The standard InChI is InChI=1S/C23H45NO4/c1-5-6-7-8-9-10-11-12-13-14-15-16-17-18-20(25)22(23(27)28)21(26)19-24(2,3)4/h21-22,26H,5-19H2,1-4H3/p+1. The Hall–Kier alpha value is -0.940. The number of carboxylic acids is 1. The Morgan fingerprint density at radius 1 is 0.750 bits per heavy atom. The topological polar surface area (TPSA) is 74.6 Å². The van der Waals surface area contributed by atoms with Crippen molar-refractivity contribution in [2.45, 2.75) is 103 Å². The van der Waals surface area contributed by atoms with Crippen LogP contribution < -0.4 is 0 Å². The van der Waals surface area contributed by atoms with E-state index in [-0.39, 0.29) is 18.7 Å². The molecule has 0 saturated carbocycles. The van der Waals surface area contributed by atoms with Crippen molar-refractivity contribution in [3.63, 3.8) is 0 Å². The summed E-state index contributed by atoms with van der Waals surface area (Å²) in [6, 6.07) is 0. The Bertz CT molecular complexity index is 417. The van der Waals surface area contributed by atoms with Crippen molar-refractivity contribution < 1.29 is 24.3 Å².